The summed E-state index contributed by atoms with van der Waals surface area (Å²) in [5.41, 5.74) is 0.449. The third-order valence-electron chi connectivity index (χ3n) is 4.36. The standard InChI is InChI=1S/C17H23N3O3S2/c1-6-23-10(21)8-20-14(22)11-9-7-16(2,3)19-17(4,5)12(9)25-13(11)18-15(20)24/h19H,6-8H2,1-5H3,(H,18,24). The van der Waals surface area contributed by atoms with E-state index in [4.69, 9.17) is 17.0 Å². The molecule has 136 valence electrons. The fourth-order valence-corrected chi connectivity index (χ4v) is 5.30. The molecule has 1 aliphatic rings. The van der Waals surface area contributed by atoms with E-state index in [1.807, 2.05) is 0 Å². The summed E-state index contributed by atoms with van der Waals surface area (Å²) in [5.74, 6) is -0.463. The van der Waals surface area contributed by atoms with Gasteiger partial charge in [0.15, 0.2) is 4.77 Å². The smallest absolute Gasteiger partial charge is 0.326 e. The summed E-state index contributed by atoms with van der Waals surface area (Å²) in [5, 5.41) is 4.27. The van der Waals surface area contributed by atoms with Gasteiger partial charge in [-0.2, -0.15) is 0 Å². The summed E-state index contributed by atoms with van der Waals surface area (Å²) in [4.78, 5) is 30.0. The fourth-order valence-electron chi connectivity index (χ4n) is 3.71. The first kappa shape index (κ1) is 18.3. The average molecular weight is 382 g/mol. The van der Waals surface area contributed by atoms with E-state index in [0.29, 0.717) is 5.39 Å². The Labute approximate surface area is 155 Å². The van der Waals surface area contributed by atoms with Crippen molar-refractivity contribution in [1.29, 1.82) is 0 Å². The molecule has 0 aliphatic carbocycles. The van der Waals surface area contributed by atoms with E-state index in [-0.39, 0.29) is 34.6 Å². The van der Waals surface area contributed by atoms with Gasteiger partial charge in [-0.05, 0) is 58.8 Å². The van der Waals surface area contributed by atoms with Crippen LogP contribution in [0.1, 0.15) is 45.1 Å². The van der Waals surface area contributed by atoms with Gasteiger partial charge < -0.3 is 15.0 Å². The third-order valence-corrected chi connectivity index (χ3v) is 6.16. The van der Waals surface area contributed by atoms with Crippen LogP contribution in [0, 0.1) is 4.77 Å². The van der Waals surface area contributed by atoms with Crippen LogP contribution in [0.25, 0.3) is 10.2 Å². The zero-order chi connectivity index (χ0) is 18.6. The number of hydrogen-bond donors (Lipinski definition) is 2. The van der Waals surface area contributed by atoms with Crippen molar-refractivity contribution in [2.45, 2.75) is 58.7 Å². The monoisotopic (exact) mass is 381 g/mol. The van der Waals surface area contributed by atoms with Crippen molar-refractivity contribution in [3.8, 4) is 0 Å². The lowest BCUT2D eigenvalue weighted by Crippen LogP contribution is -2.54. The van der Waals surface area contributed by atoms with Crippen LogP contribution >= 0.6 is 23.6 Å². The number of esters is 1. The Hall–Kier alpha value is -1.51. The summed E-state index contributed by atoms with van der Waals surface area (Å²) in [7, 11) is 0. The quantitative estimate of drug-likeness (QED) is 0.632. The zero-order valence-electron chi connectivity index (χ0n) is 15.1. The molecule has 0 bridgehead atoms. The molecule has 0 saturated heterocycles. The minimum Gasteiger partial charge on any atom is -0.465 e. The van der Waals surface area contributed by atoms with E-state index < -0.39 is 5.97 Å². The van der Waals surface area contributed by atoms with Crippen molar-refractivity contribution < 1.29 is 9.53 Å². The van der Waals surface area contributed by atoms with Crippen LogP contribution in [0.2, 0.25) is 0 Å². The number of rotatable bonds is 3. The third kappa shape index (κ3) is 3.18. The molecule has 0 saturated carbocycles. The number of fused-ring (bicyclic) bond motifs is 3. The van der Waals surface area contributed by atoms with Crippen LogP contribution in [-0.2, 0) is 28.0 Å². The zero-order valence-corrected chi connectivity index (χ0v) is 16.7. The Bertz CT molecular complexity index is 966. The Kier molecular flexibility index (Phi) is 4.41. The van der Waals surface area contributed by atoms with Gasteiger partial charge in [0.2, 0.25) is 0 Å². The number of hydrogen-bond acceptors (Lipinski definition) is 6. The molecule has 3 heterocycles. The molecule has 0 radical (unpaired) electrons. The Morgan fingerprint density at radius 3 is 2.68 bits per heavy atom. The minimum atomic E-state index is -0.463. The number of nitrogens with one attached hydrogen (secondary N) is 2. The number of H-pyrrole nitrogens is 1. The summed E-state index contributed by atoms with van der Waals surface area (Å²) < 4.78 is 6.50. The van der Waals surface area contributed by atoms with Gasteiger partial charge in [0.1, 0.15) is 11.4 Å². The van der Waals surface area contributed by atoms with Crippen LogP contribution in [-0.4, -0.2) is 27.7 Å². The topological polar surface area (TPSA) is 76.1 Å². The molecular weight excluding hydrogens is 358 g/mol. The van der Waals surface area contributed by atoms with E-state index in [1.165, 1.54) is 4.57 Å². The van der Waals surface area contributed by atoms with Crippen LogP contribution in [0.5, 0.6) is 0 Å². The highest BCUT2D eigenvalue weighted by molar-refractivity contribution is 7.71. The molecule has 0 fully saturated rings. The molecule has 1 aliphatic heterocycles. The SMILES string of the molecule is CCOC(=O)Cn1c(=S)[nH]c2sc3c(c2c1=O)CC(C)(C)NC3(C)C. The Balaban J connectivity index is 2.24. The molecule has 6 nitrogen and oxygen atoms in total. The number of ether oxygens (including phenoxy) is 1. The lowest BCUT2D eigenvalue weighted by Gasteiger charge is -2.42. The van der Waals surface area contributed by atoms with Crippen molar-refractivity contribution in [2.24, 2.45) is 0 Å². The van der Waals surface area contributed by atoms with Crippen LogP contribution in [0.4, 0.5) is 0 Å². The lowest BCUT2D eigenvalue weighted by atomic mass is 9.82. The van der Waals surface area contributed by atoms with E-state index in [2.05, 4.69) is 38.0 Å². The lowest BCUT2D eigenvalue weighted by molar-refractivity contribution is -0.143. The van der Waals surface area contributed by atoms with E-state index in [9.17, 15) is 9.59 Å². The van der Waals surface area contributed by atoms with Crippen molar-refractivity contribution in [2.75, 3.05) is 6.61 Å². The van der Waals surface area contributed by atoms with Crippen LogP contribution in [0.15, 0.2) is 4.79 Å². The number of carbonyl (C=O) groups excluding carboxylic acids is 1. The van der Waals surface area contributed by atoms with Gasteiger partial charge in [0.05, 0.1) is 12.0 Å². The first-order valence-corrected chi connectivity index (χ1v) is 9.52. The fraction of sp³-hybridized carbons (Fsp3) is 0.588. The summed E-state index contributed by atoms with van der Waals surface area (Å²) >= 11 is 6.86. The van der Waals surface area contributed by atoms with Gasteiger partial charge >= 0.3 is 5.97 Å². The van der Waals surface area contributed by atoms with Crippen molar-refractivity contribution in [1.82, 2.24) is 14.9 Å². The first-order chi connectivity index (χ1) is 11.6. The number of aromatic amines is 1. The highest BCUT2D eigenvalue weighted by Crippen LogP contribution is 2.42. The molecule has 0 aromatic carbocycles. The van der Waals surface area contributed by atoms with Gasteiger partial charge in [0, 0.05) is 16.0 Å². The van der Waals surface area contributed by atoms with E-state index in [1.54, 1.807) is 18.3 Å². The average Bonchev–Trinajstić information content (AvgIpc) is 2.80. The molecule has 0 unspecified atom stereocenters. The highest BCUT2D eigenvalue weighted by atomic mass is 32.1. The van der Waals surface area contributed by atoms with Gasteiger partial charge in [-0.25, -0.2) is 0 Å². The Morgan fingerprint density at radius 2 is 2.04 bits per heavy atom. The van der Waals surface area contributed by atoms with E-state index >= 15 is 0 Å². The van der Waals surface area contributed by atoms with Crippen molar-refractivity contribution >= 4 is 39.7 Å². The normalized spacial score (nSPS) is 18.1. The number of thiophene rings is 1. The molecule has 0 amide bonds. The molecule has 2 aromatic heterocycles. The summed E-state index contributed by atoms with van der Waals surface area (Å²) in [6.45, 7) is 10.3. The number of carbonyl (C=O) groups is 1. The first-order valence-electron chi connectivity index (χ1n) is 8.29. The minimum absolute atomic E-state index is 0.129. The molecule has 2 aromatic rings. The van der Waals surface area contributed by atoms with Gasteiger partial charge in [-0.15, -0.1) is 11.3 Å². The van der Waals surface area contributed by atoms with Gasteiger partial charge in [-0.3, -0.25) is 14.2 Å². The highest BCUT2D eigenvalue weighted by Gasteiger charge is 2.39. The number of aromatic nitrogens is 2. The van der Waals surface area contributed by atoms with Gasteiger partial charge in [-0.1, -0.05) is 0 Å². The molecular formula is C17H23N3O3S2. The Morgan fingerprint density at radius 1 is 1.36 bits per heavy atom. The van der Waals surface area contributed by atoms with Crippen molar-refractivity contribution in [3.63, 3.8) is 0 Å². The largest absolute Gasteiger partial charge is 0.465 e. The van der Waals surface area contributed by atoms with Crippen LogP contribution < -0.4 is 10.9 Å². The predicted molar refractivity (Wildman–Crippen MR) is 102 cm³/mol. The summed E-state index contributed by atoms with van der Waals surface area (Å²) in [6.07, 6.45) is 0.741. The molecule has 3 rings (SSSR count). The summed E-state index contributed by atoms with van der Waals surface area (Å²) in [6, 6.07) is 0. The second-order valence-electron chi connectivity index (χ2n) is 7.55. The maximum atomic E-state index is 13.1. The molecule has 8 heteroatoms. The van der Waals surface area contributed by atoms with Gasteiger partial charge in [0.25, 0.3) is 5.56 Å². The maximum Gasteiger partial charge on any atom is 0.326 e. The van der Waals surface area contributed by atoms with Crippen molar-refractivity contribution in [3.05, 3.63) is 25.6 Å². The molecule has 0 spiro atoms. The maximum absolute atomic E-state index is 13.1. The second kappa shape index (κ2) is 6.03. The second-order valence-corrected chi connectivity index (χ2v) is 8.96. The molecule has 2 N–H and O–H groups in total. The van der Waals surface area contributed by atoms with E-state index in [0.717, 1.165) is 21.7 Å². The molecule has 0 atom stereocenters. The predicted octanol–water partition coefficient (Wildman–Crippen LogP) is 2.84. The van der Waals surface area contributed by atoms with Crippen LogP contribution in [0.3, 0.4) is 0 Å². The molecule has 25 heavy (non-hydrogen) atoms. The number of nitrogens with zero attached hydrogens (tertiary/aromatic N) is 1.